The van der Waals surface area contributed by atoms with E-state index in [1.165, 1.54) is 12.1 Å². The third kappa shape index (κ3) is 4.00. The van der Waals surface area contributed by atoms with Gasteiger partial charge in [0.15, 0.2) is 0 Å². The van der Waals surface area contributed by atoms with E-state index in [0.29, 0.717) is 46.4 Å². The van der Waals surface area contributed by atoms with Crippen LogP contribution in [0.2, 0.25) is 0 Å². The number of hydrogen-bond acceptors (Lipinski definition) is 6. The van der Waals surface area contributed by atoms with Crippen molar-refractivity contribution in [3.63, 3.8) is 0 Å². The molecule has 0 amide bonds. The second-order valence-electron chi connectivity index (χ2n) is 9.32. The molecule has 8 nitrogen and oxygen atoms in total. The van der Waals surface area contributed by atoms with Gasteiger partial charge in [-0.1, -0.05) is 24.3 Å². The summed E-state index contributed by atoms with van der Waals surface area (Å²) in [6.45, 7) is 3.19. The Hall–Kier alpha value is -3.24. The largest absolute Gasteiger partial charge is 0.393 e. The maximum Gasteiger partial charge on any atom is 0.244 e. The van der Waals surface area contributed by atoms with Gasteiger partial charge in [0.25, 0.3) is 0 Å². The smallest absolute Gasteiger partial charge is 0.244 e. The van der Waals surface area contributed by atoms with E-state index in [2.05, 4.69) is 9.97 Å². The third-order valence-corrected chi connectivity index (χ3v) is 8.81. The van der Waals surface area contributed by atoms with E-state index in [1.54, 1.807) is 44.4 Å². The summed E-state index contributed by atoms with van der Waals surface area (Å²) in [6, 6.07) is 11.6. The molecule has 5 rings (SSSR count). The predicted octanol–water partition coefficient (Wildman–Crippen LogP) is 4.35. The molecule has 35 heavy (non-hydrogen) atoms. The molecule has 0 bridgehead atoms. The zero-order chi connectivity index (χ0) is 24.9. The van der Waals surface area contributed by atoms with Crippen molar-refractivity contribution in [2.75, 3.05) is 5.73 Å². The number of aliphatic hydroxyl groups excluding tert-OH is 1. The molecular weight excluding hydrogens is 469 g/mol. The quantitative estimate of drug-likeness (QED) is 0.423. The number of para-hydroxylation sites is 1. The first kappa shape index (κ1) is 23.5. The van der Waals surface area contributed by atoms with Gasteiger partial charge in [-0.05, 0) is 57.7 Å². The fraction of sp³-hybridized carbons (Fsp3) is 0.360. The first-order chi connectivity index (χ1) is 16.7. The molecule has 2 aromatic heterocycles. The average molecular weight is 498 g/mol. The second-order valence-corrected chi connectivity index (χ2v) is 11.7. The lowest BCUT2D eigenvalue weighted by molar-refractivity contribution is 0.111. The normalized spacial score (nSPS) is 19.0. The number of fused-ring (bicyclic) bond motifs is 1. The van der Waals surface area contributed by atoms with Crippen LogP contribution in [0.1, 0.15) is 45.6 Å². The lowest BCUT2D eigenvalue weighted by Crippen LogP contribution is -2.23. The molecule has 3 N–H and O–H groups in total. The summed E-state index contributed by atoms with van der Waals surface area (Å²) in [6.07, 6.45) is 4.30. The molecule has 1 fully saturated rings. The van der Waals surface area contributed by atoms with Crippen LogP contribution in [0.5, 0.6) is 0 Å². The first-order valence-electron chi connectivity index (χ1n) is 11.7. The van der Waals surface area contributed by atoms with Crippen LogP contribution < -0.4 is 5.73 Å². The summed E-state index contributed by atoms with van der Waals surface area (Å²) >= 11 is 0. The van der Waals surface area contributed by atoms with Crippen molar-refractivity contribution in [3.8, 4) is 22.5 Å². The lowest BCUT2D eigenvalue weighted by atomic mass is 9.92. The van der Waals surface area contributed by atoms with E-state index in [1.807, 2.05) is 10.6 Å². The fourth-order valence-corrected chi connectivity index (χ4v) is 6.00. The number of nitrogen functional groups attached to an aromatic ring is 1. The zero-order valence-corrected chi connectivity index (χ0v) is 20.4. The van der Waals surface area contributed by atoms with E-state index in [4.69, 9.17) is 5.73 Å². The number of aliphatic hydroxyl groups is 1. The standard InChI is InChI=1S/C25H28FN5O3S/c1-15(2)35(33,34)31-21-8-4-7-20(23(21)29-25(31)27)24-22(16-5-3-6-17(26)13-16)28-14-30(24)18-9-11-19(32)12-10-18/h3-8,13-15,18-19,32H,9-12H2,1-2H3,(H2,27,29). The van der Waals surface area contributed by atoms with Crippen LogP contribution in [-0.2, 0) is 10.0 Å². The van der Waals surface area contributed by atoms with Crippen molar-refractivity contribution >= 4 is 27.0 Å². The maximum absolute atomic E-state index is 14.1. The Morgan fingerprint density at radius 2 is 1.83 bits per heavy atom. The highest BCUT2D eigenvalue weighted by Gasteiger charge is 2.29. The molecule has 1 aliphatic carbocycles. The molecule has 2 heterocycles. The van der Waals surface area contributed by atoms with Crippen molar-refractivity contribution in [3.05, 3.63) is 54.6 Å². The molecule has 0 saturated heterocycles. The van der Waals surface area contributed by atoms with Gasteiger partial charge in [0.05, 0.1) is 34.6 Å². The van der Waals surface area contributed by atoms with Crippen LogP contribution in [0.25, 0.3) is 33.5 Å². The predicted molar refractivity (Wildman–Crippen MR) is 134 cm³/mol. The average Bonchev–Trinajstić information content (AvgIpc) is 3.40. The molecular formula is C25H28FN5O3S. The Bertz CT molecular complexity index is 1500. The first-order valence-corrected chi connectivity index (χ1v) is 13.2. The second kappa shape index (κ2) is 8.76. The molecule has 0 atom stereocenters. The van der Waals surface area contributed by atoms with Crippen LogP contribution >= 0.6 is 0 Å². The summed E-state index contributed by atoms with van der Waals surface area (Å²) in [5.41, 5.74) is 9.51. The molecule has 0 spiro atoms. The van der Waals surface area contributed by atoms with E-state index in [9.17, 15) is 17.9 Å². The Kier molecular flexibility index (Phi) is 5.88. The van der Waals surface area contributed by atoms with Gasteiger partial charge in [-0.15, -0.1) is 0 Å². The highest BCUT2D eigenvalue weighted by atomic mass is 32.2. The van der Waals surface area contributed by atoms with Crippen molar-refractivity contribution in [2.24, 2.45) is 0 Å². The Labute approximate surface area is 203 Å². The van der Waals surface area contributed by atoms with Gasteiger partial charge in [-0.3, -0.25) is 0 Å². The zero-order valence-electron chi connectivity index (χ0n) is 19.6. The number of imidazole rings is 2. The molecule has 0 unspecified atom stereocenters. The molecule has 1 saturated carbocycles. The highest BCUT2D eigenvalue weighted by Crippen LogP contribution is 2.40. The van der Waals surface area contributed by atoms with Crippen LogP contribution in [0.4, 0.5) is 10.3 Å². The van der Waals surface area contributed by atoms with Crippen LogP contribution in [0, 0.1) is 5.82 Å². The van der Waals surface area contributed by atoms with Crippen LogP contribution in [-0.4, -0.2) is 43.4 Å². The summed E-state index contributed by atoms with van der Waals surface area (Å²) in [7, 11) is -3.75. The molecule has 0 radical (unpaired) electrons. The Morgan fingerprint density at radius 3 is 2.51 bits per heavy atom. The van der Waals surface area contributed by atoms with Gasteiger partial charge in [0.1, 0.15) is 11.3 Å². The summed E-state index contributed by atoms with van der Waals surface area (Å²) in [4.78, 5) is 9.14. The Morgan fingerprint density at radius 1 is 1.11 bits per heavy atom. The number of hydrogen-bond donors (Lipinski definition) is 2. The number of benzene rings is 2. The van der Waals surface area contributed by atoms with Gasteiger partial charge in [0.2, 0.25) is 16.0 Å². The van der Waals surface area contributed by atoms with E-state index < -0.39 is 15.3 Å². The number of nitrogens with zero attached hydrogens (tertiary/aromatic N) is 4. The molecule has 184 valence electrons. The number of nitrogens with two attached hydrogens (primary N) is 1. The van der Waals surface area contributed by atoms with Gasteiger partial charge in [-0.2, -0.15) is 0 Å². The van der Waals surface area contributed by atoms with Crippen molar-refractivity contribution in [2.45, 2.75) is 56.9 Å². The third-order valence-electron chi connectivity index (χ3n) is 6.72. The highest BCUT2D eigenvalue weighted by molar-refractivity contribution is 7.90. The maximum atomic E-state index is 14.1. The number of halogens is 1. The SMILES string of the molecule is CC(C)S(=O)(=O)n1c(N)nc2c(-c3c(-c4cccc(F)c4)ncn3C3CCC(O)CC3)cccc21. The van der Waals surface area contributed by atoms with Crippen molar-refractivity contribution < 1.29 is 17.9 Å². The number of rotatable bonds is 5. The molecule has 10 heteroatoms. The van der Waals surface area contributed by atoms with E-state index >= 15 is 0 Å². The van der Waals surface area contributed by atoms with Crippen LogP contribution in [0.15, 0.2) is 48.8 Å². The minimum Gasteiger partial charge on any atom is -0.393 e. The van der Waals surface area contributed by atoms with E-state index in [-0.39, 0.29) is 23.9 Å². The minimum atomic E-state index is -3.75. The van der Waals surface area contributed by atoms with Gasteiger partial charge >= 0.3 is 0 Å². The van der Waals surface area contributed by atoms with E-state index in [0.717, 1.165) is 16.8 Å². The van der Waals surface area contributed by atoms with Crippen molar-refractivity contribution in [1.29, 1.82) is 0 Å². The van der Waals surface area contributed by atoms with Gasteiger partial charge < -0.3 is 15.4 Å². The molecule has 0 aliphatic heterocycles. The lowest BCUT2D eigenvalue weighted by Gasteiger charge is -2.28. The van der Waals surface area contributed by atoms with Gasteiger partial charge in [-0.25, -0.2) is 26.7 Å². The Balaban J connectivity index is 1.77. The number of anilines is 1. The minimum absolute atomic E-state index is 0.0808. The fourth-order valence-electron chi connectivity index (χ4n) is 4.85. The molecule has 1 aliphatic rings. The summed E-state index contributed by atoms with van der Waals surface area (Å²) < 4.78 is 43.4. The van der Waals surface area contributed by atoms with Crippen molar-refractivity contribution in [1.82, 2.24) is 18.5 Å². The molecule has 2 aromatic carbocycles. The van der Waals surface area contributed by atoms with Crippen LogP contribution in [0.3, 0.4) is 0 Å². The topological polar surface area (TPSA) is 116 Å². The summed E-state index contributed by atoms with van der Waals surface area (Å²) in [5, 5.41) is 9.33. The summed E-state index contributed by atoms with van der Waals surface area (Å²) in [5.74, 6) is -0.487. The monoisotopic (exact) mass is 497 g/mol. The molecule has 4 aromatic rings. The van der Waals surface area contributed by atoms with Gasteiger partial charge in [0, 0.05) is 17.2 Å². The number of aromatic nitrogens is 4.